The van der Waals surface area contributed by atoms with Crippen LogP contribution in [0, 0.1) is 5.82 Å². The fraction of sp³-hybridized carbons (Fsp3) is 0.200. The van der Waals surface area contributed by atoms with E-state index in [-0.39, 0.29) is 17.9 Å². The van der Waals surface area contributed by atoms with Gasteiger partial charge in [-0.3, -0.25) is 9.59 Å². The van der Waals surface area contributed by atoms with Crippen molar-refractivity contribution in [3.63, 3.8) is 0 Å². The van der Waals surface area contributed by atoms with E-state index in [1.807, 2.05) is 0 Å². The summed E-state index contributed by atoms with van der Waals surface area (Å²) in [6.07, 6.45) is 5.29. The Kier molecular flexibility index (Phi) is 5.51. The van der Waals surface area contributed by atoms with Crippen molar-refractivity contribution in [2.24, 2.45) is 0 Å². The Morgan fingerprint density at radius 2 is 1.81 bits per heavy atom. The number of hydrogen-bond acceptors (Lipinski definition) is 3. The number of para-hydroxylation sites is 1. The Hall–Kier alpha value is -2.89. The number of carbonyl (C=O) groups excluding carboxylic acids is 2. The van der Waals surface area contributed by atoms with Crippen molar-refractivity contribution in [3.05, 3.63) is 96.4 Å². The number of imide groups is 1. The standard InChI is InChI=1S/C25H20Cl2FNO3/c1-3-6-16-7-5-8-19(21(16)30)20-15(4-2)13-14-24(26)22(31)29(23(32)25(20,24)27)18-11-9-17(28)10-12-18/h3-5,7-13,20,30H,1-2,6,14H2. The first-order chi connectivity index (χ1) is 15.2. The van der Waals surface area contributed by atoms with Crippen LogP contribution in [0.5, 0.6) is 5.75 Å². The summed E-state index contributed by atoms with van der Waals surface area (Å²) in [7, 11) is 0. The van der Waals surface area contributed by atoms with Gasteiger partial charge in [-0.15, -0.1) is 29.8 Å². The number of rotatable bonds is 5. The molecular weight excluding hydrogens is 452 g/mol. The highest BCUT2D eigenvalue weighted by molar-refractivity contribution is 6.58. The Bertz CT molecular complexity index is 1180. The predicted octanol–water partition coefficient (Wildman–Crippen LogP) is 5.39. The Morgan fingerprint density at radius 1 is 1.12 bits per heavy atom. The molecule has 1 fully saturated rings. The molecule has 1 heterocycles. The van der Waals surface area contributed by atoms with Gasteiger partial charge in [0, 0.05) is 11.5 Å². The van der Waals surface area contributed by atoms with Crippen LogP contribution in [-0.4, -0.2) is 26.7 Å². The van der Waals surface area contributed by atoms with Gasteiger partial charge in [0.15, 0.2) is 9.75 Å². The summed E-state index contributed by atoms with van der Waals surface area (Å²) in [5, 5.41) is 11.0. The number of phenolic OH excluding ortho intramolecular Hbond substituents is 1. The molecule has 32 heavy (non-hydrogen) atoms. The second kappa shape index (κ2) is 7.91. The molecule has 2 aliphatic rings. The molecule has 1 aliphatic carbocycles. The molecule has 2 aromatic carbocycles. The zero-order valence-corrected chi connectivity index (χ0v) is 18.5. The molecule has 0 radical (unpaired) electrons. The van der Waals surface area contributed by atoms with Crippen molar-refractivity contribution in [1.29, 1.82) is 0 Å². The molecule has 1 saturated heterocycles. The van der Waals surface area contributed by atoms with Gasteiger partial charge in [0.05, 0.1) is 5.69 Å². The molecule has 3 unspecified atom stereocenters. The smallest absolute Gasteiger partial charge is 0.258 e. The van der Waals surface area contributed by atoms with Gasteiger partial charge in [-0.05, 0) is 48.2 Å². The minimum atomic E-state index is -1.94. The molecule has 0 bridgehead atoms. The fourth-order valence-corrected chi connectivity index (χ4v) is 5.37. The molecule has 0 spiro atoms. The number of nitrogens with zero attached hydrogens (tertiary/aromatic N) is 1. The van der Waals surface area contributed by atoms with Gasteiger partial charge in [0.1, 0.15) is 11.6 Å². The maximum absolute atomic E-state index is 13.8. The Morgan fingerprint density at radius 3 is 2.44 bits per heavy atom. The van der Waals surface area contributed by atoms with Crippen molar-refractivity contribution in [2.75, 3.05) is 4.90 Å². The average molecular weight is 472 g/mol. The third-order valence-corrected chi connectivity index (χ3v) is 7.54. The number of fused-ring (bicyclic) bond motifs is 1. The van der Waals surface area contributed by atoms with Gasteiger partial charge >= 0.3 is 0 Å². The lowest BCUT2D eigenvalue weighted by Gasteiger charge is -2.42. The van der Waals surface area contributed by atoms with Crippen molar-refractivity contribution >= 4 is 40.7 Å². The van der Waals surface area contributed by atoms with E-state index >= 15 is 0 Å². The third-order valence-electron chi connectivity index (χ3n) is 6.13. The SMILES string of the molecule is C=CCc1cccc(C2C(C=C)=CCC3(Cl)C(=O)N(c4ccc(F)cc4)C(=O)C23Cl)c1O. The molecule has 3 atom stereocenters. The summed E-state index contributed by atoms with van der Waals surface area (Å²) in [6.45, 7) is 7.53. The maximum Gasteiger partial charge on any atom is 0.258 e. The number of phenols is 1. The number of benzene rings is 2. The third kappa shape index (κ3) is 2.95. The number of hydrogen-bond donors (Lipinski definition) is 1. The van der Waals surface area contributed by atoms with Crippen LogP contribution in [0.25, 0.3) is 0 Å². The normalized spacial score (nSPS) is 27.2. The highest BCUT2D eigenvalue weighted by Crippen LogP contribution is 2.60. The van der Waals surface area contributed by atoms with Crippen LogP contribution in [0.3, 0.4) is 0 Å². The minimum absolute atomic E-state index is 0.00864. The van der Waals surface area contributed by atoms with E-state index < -0.39 is 33.3 Å². The van der Waals surface area contributed by atoms with E-state index in [0.717, 1.165) is 17.0 Å². The van der Waals surface area contributed by atoms with Crippen LogP contribution in [0.1, 0.15) is 23.5 Å². The molecule has 2 amide bonds. The van der Waals surface area contributed by atoms with E-state index in [4.69, 9.17) is 23.2 Å². The molecule has 4 nitrogen and oxygen atoms in total. The predicted molar refractivity (Wildman–Crippen MR) is 124 cm³/mol. The quantitative estimate of drug-likeness (QED) is 0.361. The number of amides is 2. The molecule has 2 aromatic rings. The van der Waals surface area contributed by atoms with E-state index in [2.05, 4.69) is 13.2 Å². The van der Waals surface area contributed by atoms with E-state index in [9.17, 15) is 19.1 Å². The lowest BCUT2D eigenvalue weighted by molar-refractivity contribution is -0.122. The van der Waals surface area contributed by atoms with Gasteiger partial charge in [-0.2, -0.15) is 0 Å². The van der Waals surface area contributed by atoms with Gasteiger partial charge in [0.25, 0.3) is 11.8 Å². The average Bonchev–Trinajstić information content (AvgIpc) is 2.93. The van der Waals surface area contributed by atoms with Gasteiger partial charge in [-0.1, -0.05) is 43.0 Å². The Balaban J connectivity index is 1.94. The Labute approximate surface area is 195 Å². The largest absolute Gasteiger partial charge is 0.507 e. The molecular formula is C25H20Cl2FNO3. The zero-order valence-electron chi connectivity index (χ0n) is 17.0. The van der Waals surface area contributed by atoms with Crippen molar-refractivity contribution in [2.45, 2.75) is 28.5 Å². The molecule has 1 N–H and O–H groups in total. The van der Waals surface area contributed by atoms with Crippen LogP contribution < -0.4 is 4.90 Å². The number of anilines is 1. The van der Waals surface area contributed by atoms with Gasteiger partial charge < -0.3 is 5.11 Å². The van der Waals surface area contributed by atoms with Crippen LogP contribution in [0.4, 0.5) is 10.1 Å². The minimum Gasteiger partial charge on any atom is -0.507 e. The van der Waals surface area contributed by atoms with Crippen LogP contribution in [0.2, 0.25) is 0 Å². The van der Waals surface area contributed by atoms with Crippen LogP contribution in [0.15, 0.2) is 79.4 Å². The summed E-state index contributed by atoms with van der Waals surface area (Å²) in [6, 6.07) is 10.1. The van der Waals surface area contributed by atoms with E-state index in [0.29, 0.717) is 23.1 Å². The van der Waals surface area contributed by atoms with Crippen molar-refractivity contribution in [1.82, 2.24) is 0 Å². The fourth-order valence-electron chi connectivity index (χ4n) is 4.54. The van der Waals surface area contributed by atoms with Gasteiger partial charge in [0.2, 0.25) is 0 Å². The summed E-state index contributed by atoms with van der Waals surface area (Å²) in [5.41, 5.74) is 1.69. The van der Waals surface area contributed by atoms with E-state index in [1.54, 1.807) is 36.4 Å². The highest BCUT2D eigenvalue weighted by Gasteiger charge is 2.73. The van der Waals surface area contributed by atoms with Gasteiger partial charge in [-0.25, -0.2) is 9.29 Å². The second-order valence-corrected chi connectivity index (χ2v) is 9.07. The summed E-state index contributed by atoms with van der Waals surface area (Å²) in [5.74, 6) is -2.94. The second-order valence-electron chi connectivity index (χ2n) is 7.83. The number of aromatic hydroxyl groups is 1. The van der Waals surface area contributed by atoms with Crippen LogP contribution >= 0.6 is 23.2 Å². The lowest BCUT2D eigenvalue weighted by atomic mass is 9.68. The summed E-state index contributed by atoms with van der Waals surface area (Å²) >= 11 is 13.9. The zero-order chi connectivity index (χ0) is 23.3. The first kappa shape index (κ1) is 22.3. The molecule has 1 aliphatic heterocycles. The highest BCUT2D eigenvalue weighted by atomic mass is 35.5. The number of allylic oxidation sites excluding steroid dienone is 4. The van der Waals surface area contributed by atoms with Crippen molar-refractivity contribution < 1.29 is 19.1 Å². The molecule has 164 valence electrons. The molecule has 7 heteroatoms. The number of carbonyl (C=O) groups is 2. The molecule has 4 rings (SSSR count). The summed E-state index contributed by atoms with van der Waals surface area (Å²) < 4.78 is 13.4. The topological polar surface area (TPSA) is 57.6 Å². The first-order valence-electron chi connectivity index (χ1n) is 9.97. The summed E-state index contributed by atoms with van der Waals surface area (Å²) in [4.78, 5) is 24.4. The maximum atomic E-state index is 13.8. The molecule has 0 aromatic heterocycles. The lowest BCUT2D eigenvalue weighted by Crippen LogP contribution is -2.54. The van der Waals surface area contributed by atoms with Crippen LogP contribution in [-0.2, 0) is 16.0 Å². The monoisotopic (exact) mass is 471 g/mol. The van der Waals surface area contributed by atoms with E-state index in [1.165, 1.54) is 12.1 Å². The molecule has 0 saturated carbocycles. The number of alkyl halides is 2. The van der Waals surface area contributed by atoms with Crippen molar-refractivity contribution in [3.8, 4) is 5.75 Å². The number of halogens is 3. The first-order valence-corrected chi connectivity index (χ1v) is 10.7.